The molecule has 1 saturated carbocycles. The third-order valence-corrected chi connectivity index (χ3v) is 9.28. The summed E-state index contributed by atoms with van der Waals surface area (Å²) in [6.45, 7) is 1.51. The Hall–Kier alpha value is -4.62. The first-order valence-electron chi connectivity index (χ1n) is 14.3. The molecule has 2 atom stereocenters. The Morgan fingerprint density at radius 2 is 2.04 bits per heavy atom. The molecule has 2 aromatic carbocycles. The van der Waals surface area contributed by atoms with E-state index in [-0.39, 0.29) is 41.2 Å². The predicted molar refractivity (Wildman–Crippen MR) is 171 cm³/mol. The number of nitrogens with zero attached hydrogens (tertiary/aromatic N) is 3. The van der Waals surface area contributed by atoms with Crippen molar-refractivity contribution in [2.75, 3.05) is 26.0 Å². The molecule has 10 nitrogen and oxygen atoms in total. The predicted octanol–water partition coefficient (Wildman–Crippen LogP) is 5.01. The number of benzene rings is 2. The second kappa shape index (κ2) is 12.3. The van der Waals surface area contributed by atoms with Crippen LogP contribution in [0.2, 0.25) is 5.02 Å². The Bertz CT molecular complexity index is 1890. The van der Waals surface area contributed by atoms with Crippen LogP contribution in [0.1, 0.15) is 57.9 Å². The average Bonchev–Trinajstić information content (AvgIpc) is 3.58. The molecule has 238 valence electrons. The van der Waals surface area contributed by atoms with E-state index >= 15 is 4.39 Å². The normalized spacial score (nSPS) is 17.8. The van der Waals surface area contributed by atoms with E-state index < -0.39 is 34.8 Å². The number of pyridine rings is 1. The van der Waals surface area contributed by atoms with E-state index in [4.69, 9.17) is 37.5 Å². The van der Waals surface area contributed by atoms with E-state index in [2.05, 4.69) is 15.3 Å². The number of carbonyl (C=O) groups is 2. The Morgan fingerprint density at radius 3 is 2.72 bits per heavy atom. The zero-order valence-corrected chi connectivity index (χ0v) is 26.3. The summed E-state index contributed by atoms with van der Waals surface area (Å²) < 4.78 is 40.6. The van der Waals surface area contributed by atoms with Crippen LogP contribution in [0.3, 0.4) is 0 Å². The van der Waals surface area contributed by atoms with Crippen molar-refractivity contribution in [3.63, 3.8) is 0 Å². The molecule has 2 aliphatic rings. The van der Waals surface area contributed by atoms with Gasteiger partial charge in [-0.2, -0.15) is 0 Å². The number of nitrogen functional groups attached to an aromatic ring is 1. The molecular weight excluding hydrogens is 638 g/mol. The number of aromatic nitrogens is 2. The number of hydrogen-bond donors (Lipinski definition) is 3. The van der Waals surface area contributed by atoms with Crippen LogP contribution in [0.5, 0.6) is 11.5 Å². The summed E-state index contributed by atoms with van der Waals surface area (Å²) in [7, 11) is 1.46. The van der Waals surface area contributed by atoms with Gasteiger partial charge in [0.15, 0.2) is 0 Å². The summed E-state index contributed by atoms with van der Waals surface area (Å²) >= 11 is 7.36. The second-order valence-corrected chi connectivity index (χ2v) is 12.7. The topological polar surface area (TPSA) is 155 Å². The molecule has 2 aromatic heterocycles. The number of primary amides is 1. The third kappa shape index (κ3) is 5.87. The van der Waals surface area contributed by atoms with Crippen LogP contribution >= 0.6 is 22.9 Å². The maximum atomic E-state index is 15.2. The molecule has 1 aliphatic heterocycles. The highest BCUT2D eigenvalue weighted by molar-refractivity contribution is 7.09. The maximum Gasteiger partial charge on any atom is 0.251 e. The number of thiazole rings is 1. The van der Waals surface area contributed by atoms with Crippen LogP contribution in [0.15, 0.2) is 46.9 Å². The summed E-state index contributed by atoms with van der Waals surface area (Å²) in [6.07, 6.45) is 5.28. The zero-order valence-electron chi connectivity index (χ0n) is 24.8. The van der Waals surface area contributed by atoms with E-state index in [1.54, 1.807) is 42.9 Å². The van der Waals surface area contributed by atoms with E-state index in [9.17, 15) is 14.0 Å². The molecule has 1 fully saturated rings. The fraction of sp³-hybridized carbons (Fsp3) is 0.281. The summed E-state index contributed by atoms with van der Waals surface area (Å²) in [5, 5.41) is 4.97. The number of amides is 2. The molecule has 3 heterocycles. The highest BCUT2D eigenvalue weighted by atomic mass is 35.5. The highest BCUT2D eigenvalue weighted by Crippen LogP contribution is 2.46. The minimum absolute atomic E-state index is 0.00706. The van der Waals surface area contributed by atoms with Crippen molar-refractivity contribution >= 4 is 46.7 Å². The number of halogens is 3. The van der Waals surface area contributed by atoms with Crippen molar-refractivity contribution in [2.24, 2.45) is 10.7 Å². The van der Waals surface area contributed by atoms with E-state index in [0.29, 0.717) is 44.9 Å². The van der Waals surface area contributed by atoms with Crippen LogP contribution in [0.25, 0.3) is 11.3 Å². The highest BCUT2D eigenvalue weighted by Gasteiger charge is 2.44. The van der Waals surface area contributed by atoms with Crippen LogP contribution < -0.4 is 26.3 Å². The molecule has 0 bridgehead atoms. The summed E-state index contributed by atoms with van der Waals surface area (Å²) in [4.78, 5) is 39.9. The Labute approximate surface area is 271 Å². The van der Waals surface area contributed by atoms with Gasteiger partial charge in [0.25, 0.3) is 5.91 Å². The van der Waals surface area contributed by atoms with Crippen LogP contribution in [0, 0.1) is 11.6 Å². The summed E-state index contributed by atoms with van der Waals surface area (Å²) in [6, 6.07) is 6.86. The standard InChI is InChI=1S/C32H29ClF2N6O4S/c1-32(31(37)43)14-45-28-20(32)10-24(41-27(28)18-9-21(33)23(35)11-22(18)34)19(30-38-5-6-46-30)13-40-29(42)15-7-16(12-39-17-3-4-17)26(36)25(8-15)44-2/h5-12,17,19H,3-4,13-14,36H2,1-2H3,(H2,37,43)(H,40,42)/t19-,32+/m1/s1. The first kappa shape index (κ1) is 31.4. The molecule has 14 heteroatoms. The molecule has 5 N–H and O–H groups in total. The molecule has 0 radical (unpaired) electrons. The smallest absolute Gasteiger partial charge is 0.251 e. The van der Waals surface area contributed by atoms with Gasteiger partial charge in [-0.15, -0.1) is 11.3 Å². The van der Waals surface area contributed by atoms with Gasteiger partial charge in [-0.3, -0.25) is 14.6 Å². The lowest BCUT2D eigenvalue weighted by Crippen LogP contribution is -2.40. The van der Waals surface area contributed by atoms with Crippen LogP contribution in [-0.4, -0.2) is 54.3 Å². The lowest BCUT2D eigenvalue weighted by Gasteiger charge is -2.22. The fourth-order valence-corrected chi connectivity index (χ4v) is 6.07. The van der Waals surface area contributed by atoms with Gasteiger partial charge in [0.2, 0.25) is 5.91 Å². The number of hydrogen-bond acceptors (Lipinski definition) is 9. The van der Waals surface area contributed by atoms with E-state index in [1.165, 1.54) is 18.4 Å². The molecule has 0 saturated heterocycles. The minimum Gasteiger partial charge on any atom is -0.495 e. The number of nitrogens with one attached hydrogen (secondary N) is 1. The van der Waals surface area contributed by atoms with Crippen molar-refractivity contribution in [3.8, 4) is 22.8 Å². The molecule has 1 aliphatic carbocycles. The molecular formula is C32H29ClF2N6O4S. The van der Waals surface area contributed by atoms with Crippen molar-refractivity contribution in [3.05, 3.63) is 86.0 Å². The largest absolute Gasteiger partial charge is 0.495 e. The lowest BCUT2D eigenvalue weighted by atomic mass is 9.82. The van der Waals surface area contributed by atoms with Crippen LogP contribution in [0.4, 0.5) is 14.5 Å². The SMILES string of the molecule is COc1cc(C(=O)NC[C@H](c2cc3c(c(-c4cc(Cl)c(F)cc4F)n2)OC[C@]3(C)C(N)=O)c2nccs2)cc(C=NC2CC2)c1N. The maximum absolute atomic E-state index is 15.2. The minimum atomic E-state index is -1.28. The first-order valence-corrected chi connectivity index (χ1v) is 15.6. The molecule has 6 rings (SSSR count). The van der Waals surface area contributed by atoms with Gasteiger partial charge < -0.3 is 26.3 Å². The fourth-order valence-electron chi connectivity index (χ4n) is 5.16. The summed E-state index contributed by atoms with van der Waals surface area (Å²) in [5.74, 6) is -3.16. The van der Waals surface area contributed by atoms with E-state index in [1.807, 2.05) is 0 Å². The number of anilines is 1. The van der Waals surface area contributed by atoms with Gasteiger partial charge in [-0.1, -0.05) is 11.6 Å². The Morgan fingerprint density at radius 1 is 1.26 bits per heavy atom. The quantitative estimate of drug-likeness (QED) is 0.122. The zero-order chi connectivity index (χ0) is 32.7. The van der Waals surface area contributed by atoms with Gasteiger partial charge >= 0.3 is 0 Å². The number of ether oxygens (including phenoxy) is 2. The number of aliphatic imine (C=N–C) groups is 1. The van der Waals surface area contributed by atoms with Crippen LogP contribution in [-0.2, 0) is 10.2 Å². The van der Waals surface area contributed by atoms with Crippen molar-refractivity contribution in [1.29, 1.82) is 0 Å². The van der Waals surface area contributed by atoms with E-state index in [0.717, 1.165) is 18.9 Å². The second-order valence-electron chi connectivity index (χ2n) is 11.3. The summed E-state index contributed by atoms with van der Waals surface area (Å²) in [5.41, 5.74) is 12.6. The van der Waals surface area contributed by atoms with Gasteiger partial charge in [0.1, 0.15) is 45.9 Å². The van der Waals surface area contributed by atoms with Crippen molar-refractivity contribution in [1.82, 2.24) is 15.3 Å². The number of fused-ring (bicyclic) bond motifs is 1. The first-order chi connectivity index (χ1) is 22.0. The number of rotatable bonds is 10. The Kier molecular flexibility index (Phi) is 8.38. The number of methoxy groups -OCH3 is 1. The monoisotopic (exact) mass is 666 g/mol. The van der Waals surface area contributed by atoms with Gasteiger partial charge in [0, 0.05) is 52.7 Å². The molecule has 2 amide bonds. The lowest BCUT2D eigenvalue weighted by molar-refractivity contribution is -0.123. The van der Waals surface area contributed by atoms with Crippen molar-refractivity contribution in [2.45, 2.75) is 37.1 Å². The third-order valence-electron chi connectivity index (χ3n) is 8.10. The number of carbonyl (C=O) groups excluding carboxylic acids is 2. The molecule has 46 heavy (non-hydrogen) atoms. The van der Waals surface area contributed by atoms with Gasteiger partial charge in [-0.05, 0) is 44.0 Å². The Balaban J connectivity index is 1.41. The van der Waals surface area contributed by atoms with Gasteiger partial charge in [-0.25, -0.2) is 18.7 Å². The average molecular weight is 667 g/mol. The van der Waals surface area contributed by atoms with Crippen molar-refractivity contribution < 1.29 is 27.8 Å². The number of nitrogens with two attached hydrogens (primary N) is 2. The van der Waals surface area contributed by atoms with Gasteiger partial charge in [0.05, 0.1) is 35.5 Å². The molecule has 0 unspecified atom stereocenters. The molecule has 0 spiro atoms. The molecule has 4 aromatic rings.